The standard InChI is InChI=1S/C18H19N3O5S/c22-16-8-4-6-14(17(16)23)12-19-20-18(24)13-5-3-7-15(11-13)27(25,26)21-9-1-2-10-21/h3-8,11-12,22-23H,1-2,9-10H2,(H,20,24)/b19-12+. The molecule has 0 aromatic heterocycles. The smallest absolute Gasteiger partial charge is 0.271 e. The van der Waals surface area contributed by atoms with Gasteiger partial charge in [0, 0.05) is 24.2 Å². The van der Waals surface area contributed by atoms with Crippen molar-refractivity contribution < 1.29 is 23.4 Å². The van der Waals surface area contributed by atoms with Crippen LogP contribution < -0.4 is 5.43 Å². The number of rotatable bonds is 5. The zero-order chi connectivity index (χ0) is 19.4. The highest BCUT2D eigenvalue weighted by Crippen LogP contribution is 2.26. The Morgan fingerprint density at radius 2 is 1.81 bits per heavy atom. The Bertz CT molecular complexity index is 982. The SMILES string of the molecule is O=C(N/N=C/c1cccc(O)c1O)c1cccc(S(=O)(=O)N2CCCC2)c1. The molecule has 0 radical (unpaired) electrons. The van der Waals surface area contributed by atoms with E-state index in [1.807, 2.05) is 0 Å². The largest absolute Gasteiger partial charge is 0.504 e. The molecule has 9 heteroatoms. The van der Waals surface area contributed by atoms with Crippen LogP contribution in [0.25, 0.3) is 0 Å². The van der Waals surface area contributed by atoms with Gasteiger partial charge in [-0.15, -0.1) is 0 Å². The number of nitrogens with zero attached hydrogens (tertiary/aromatic N) is 2. The Morgan fingerprint density at radius 1 is 1.11 bits per heavy atom. The lowest BCUT2D eigenvalue weighted by Crippen LogP contribution is -2.28. The third-order valence-corrected chi connectivity index (χ3v) is 6.11. The molecular formula is C18H19N3O5S. The third kappa shape index (κ3) is 4.09. The Hall–Kier alpha value is -2.91. The number of carbonyl (C=O) groups excluding carboxylic acids is 1. The van der Waals surface area contributed by atoms with E-state index in [4.69, 9.17) is 0 Å². The fourth-order valence-electron chi connectivity index (χ4n) is 2.75. The van der Waals surface area contributed by atoms with E-state index < -0.39 is 15.9 Å². The monoisotopic (exact) mass is 389 g/mol. The molecule has 0 spiro atoms. The molecular weight excluding hydrogens is 370 g/mol. The van der Waals surface area contributed by atoms with Gasteiger partial charge in [-0.3, -0.25) is 4.79 Å². The molecule has 142 valence electrons. The first-order valence-corrected chi connectivity index (χ1v) is 9.78. The maximum Gasteiger partial charge on any atom is 0.271 e. The van der Waals surface area contributed by atoms with Gasteiger partial charge in [0.25, 0.3) is 5.91 Å². The van der Waals surface area contributed by atoms with Crippen molar-refractivity contribution in [2.45, 2.75) is 17.7 Å². The number of aromatic hydroxyl groups is 2. The highest BCUT2D eigenvalue weighted by atomic mass is 32.2. The number of hydrogen-bond acceptors (Lipinski definition) is 6. The quantitative estimate of drug-likeness (QED) is 0.408. The number of para-hydroxylation sites is 1. The van der Waals surface area contributed by atoms with Crippen molar-refractivity contribution in [2.75, 3.05) is 13.1 Å². The topological polar surface area (TPSA) is 119 Å². The summed E-state index contributed by atoms with van der Waals surface area (Å²) >= 11 is 0. The van der Waals surface area contributed by atoms with E-state index in [-0.39, 0.29) is 27.5 Å². The fourth-order valence-corrected chi connectivity index (χ4v) is 4.32. The molecule has 0 saturated carbocycles. The van der Waals surface area contributed by atoms with Crippen molar-refractivity contribution in [2.24, 2.45) is 5.10 Å². The molecule has 1 heterocycles. The van der Waals surface area contributed by atoms with Gasteiger partial charge in [-0.05, 0) is 43.2 Å². The molecule has 1 aliphatic rings. The molecule has 1 saturated heterocycles. The van der Waals surface area contributed by atoms with E-state index >= 15 is 0 Å². The summed E-state index contributed by atoms with van der Waals surface area (Å²) in [5.41, 5.74) is 2.64. The molecule has 27 heavy (non-hydrogen) atoms. The number of hydrogen-bond donors (Lipinski definition) is 3. The summed E-state index contributed by atoms with van der Waals surface area (Å²) in [5, 5.41) is 22.8. The molecule has 0 aliphatic carbocycles. The first kappa shape index (κ1) is 18.9. The van der Waals surface area contributed by atoms with Crippen LogP contribution in [0.5, 0.6) is 11.5 Å². The van der Waals surface area contributed by atoms with Gasteiger partial charge >= 0.3 is 0 Å². The first-order valence-electron chi connectivity index (χ1n) is 8.34. The van der Waals surface area contributed by atoms with Crippen molar-refractivity contribution in [1.29, 1.82) is 0 Å². The number of nitrogens with one attached hydrogen (secondary N) is 1. The lowest BCUT2D eigenvalue weighted by atomic mass is 10.2. The summed E-state index contributed by atoms with van der Waals surface area (Å²) in [4.78, 5) is 12.3. The van der Waals surface area contributed by atoms with Crippen molar-refractivity contribution in [1.82, 2.24) is 9.73 Å². The van der Waals surface area contributed by atoms with Crippen LogP contribution in [-0.4, -0.2) is 48.1 Å². The lowest BCUT2D eigenvalue weighted by Gasteiger charge is -2.15. The number of amides is 1. The average molecular weight is 389 g/mol. The van der Waals surface area contributed by atoms with Crippen LogP contribution in [0, 0.1) is 0 Å². The predicted molar refractivity (Wildman–Crippen MR) is 99.3 cm³/mol. The summed E-state index contributed by atoms with van der Waals surface area (Å²) in [6.45, 7) is 0.965. The highest BCUT2D eigenvalue weighted by molar-refractivity contribution is 7.89. The van der Waals surface area contributed by atoms with Gasteiger partial charge in [0.1, 0.15) is 0 Å². The van der Waals surface area contributed by atoms with E-state index in [2.05, 4.69) is 10.5 Å². The average Bonchev–Trinajstić information content (AvgIpc) is 3.21. The van der Waals surface area contributed by atoms with E-state index in [0.717, 1.165) is 12.8 Å². The molecule has 1 fully saturated rings. The van der Waals surface area contributed by atoms with Crippen LogP contribution in [0.2, 0.25) is 0 Å². The molecule has 0 unspecified atom stereocenters. The minimum absolute atomic E-state index is 0.0617. The molecule has 1 aliphatic heterocycles. The van der Waals surface area contributed by atoms with Gasteiger partial charge in [-0.25, -0.2) is 13.8 Å². The van der Waals surface area contributed by atoms with E-state index in [9.17, 15) is 23.4 Å². The van der Waals surface area contributed by atoms with Crippen molar-refractivity contribution in [3.05, 3.63) is 53.6 Å². The van der Waals surface area contributed by atoms with Crippen molar-refractivity contribution in [3.63, 3.8) is 0 Å². The second-order valence-corrected chi connectivity index (χ2v) is 7.99. The van der Waals surface area contributed by atoms with Crippen LogP contribution in [0.4, 0.5) is 0 Å². The van der Waals surface area contributed by atoms with Gasteiger partial charge in [0.15, 0.2) is 11.5 Å². The summed E-state index contributed by atoms with van der Waals surface area (Å²) in [7, 11) is -3.61. The van der Waals surface area contributed by atoms with Gasteiger partial charge in [-0.2, -0.15) is 9.41 Å². The maximum absolute atomic E-state index is 12.6. The van der Waals surface area contributed by atoms with Crippen LogP contribution >= 0.6 is 0 Å². The summed E-state index contributed by atoms with van der Waals surface area (Å²) in [5.74, 6) is -1.25. The minimum atomic E-state index is -3.61. The first-order chi connectivity index (χ1) is 12.9. The Morgan fingerprint density at radius 3 is 2.56 bits per heavy atom. The Labute approximate surface area is 156 Å². The van der Waals surface area contributed by atoms with Crippen molar-refractivity contribution >= 4 is 22.1 Å². The van der Waals surface area contributed by atoms with Gasteiger partial charge in [0.2, 0.25) is 10.0 Å². The number of sulfonamides is 1. The zero-order valence-electron chi connectivity index (χ0n) is 14.4. The van der Waals surface area contributed by atoms with E-state index in [0.29, 0.717) is 13.1 Å². The van der Waals surface area contributed by atoms with Crippen LogP contribution in [0.3, 0.4) is 0 Å². The molecule has 3 N–H and O–H groups in total. The van der Waals surface area contributed by atoms with Gasteiger partial charge in [-0.1, -0.05) is 12.1 Å². The minimum Gasteiger partial charge on any atom is -0.504 e. The number of phenols is 2. The van der Waals surface area contributed by atoms with Crippen LogP contribution in [-0.2, 0) is 10.0 Å². The third-order valence-electron chi connectivity index (χ3n) is 4.21. The Balaban J connectivity index is 1.74. The molecule has 2 aromatic carbocycles. The van der Waals surface area contributed by atoms with Gasteiger partial charge < -0.3 is 10.2 Å². The highest BCUT2D eigenvalue weighted by Gasteiger charge is 2.27. The zero-order valence-corrected chi connectivity index (χ0v) is 15.2. The molecule has 2 aromatic rings. The summed E-state index contributed by atoms with van der Waals surface area (Å²) < 4.78 is 26.6. The number of hydrazone groups is 1. The normalized spacial score (nSPS) is 15.3. The lowest BCUT2D eigenvalue weighted by molar-refractivity contribution is 0.0955. The molecule has 3 rings (SSSR count). The van der Waals surface area contributed by atoms with E-state index in [1.54, 1.807) is 0 Å². The summed E-state index contributed by atoms with van der Waals surface area (Å²) in [6, 6.07) is 10.1. The second kappa shape index (κ2) is 7.77. The molecule has 1 amide bonds. The predicted octanol–water partition coefficient (Wildman–Crippen LogP) is 1.65. The Kier molecular flexibility index (Phi) is 5.43. The molecule has 8 nitrogen and oxygen atoms in total. The van der Waals surface area contributed by atoms with E-state index in [1.165, 1.54) is 53.0 Å². The number of benzene rings is 2. The second-order valence-electron chi connectivity index (χ2n) is 6.05. The van der Waals surface area contributed by atoms with Crippen LogP contribution in [0.1, 0.15) is 28.8 Å². The summed E-state index contributed by atoms with van der Waals surface area (Å²) in [6.07, 6.45) is 2.84. The number of carbonyl (C=O) groups is 1. The number of phenolic OH excluding ortho intramolecular Hbond substituents is 2. The van der Waals surface area contributed by atoms with Crippen molar-refractivity contribution in [3.8, 4) is 11.5 Å². The molecule has 0 atom stereocenters. The molecule has 0 bridgehead atoms. The van der Waals surface area contributed by atoms with Crippen LogP contribution in [0.15, 0.2) is 52.5 Å². The van der Waals surface area contributed by atoms with Gasteiger partial charge in [0.05, 0.1) is 11.1 Å². The fraction of sp³-hybridized carbons (Fsp3) is 0.222. The maximum atomic E-state index is 12.6.